The Morgan fingerprint density at radius 3 is 2.68 bits per heavy atom. The van der Waals surface area contributed by atoms with Crippen LogP contribution in [0.25, 0.3) is 0 Å². The molecule has 3 rings (SSSR count). The second kappa shape index (κ2) is 7.11. The predicted molar refractivity (Wildman–Crippen MR) is 85.2 cm³/mol. The Balaban J connectivity index is 1.54. The fourth-order valence-electron chi connectivity index (χ4n) is 3.06. The monoisotopic (exact) mass is 304 g/mol. The van der Waals surface area contributed by atoms with E-state index >= 15 is 0 Å². The first-order chi connectivity index (χ1) is 10.7. The SMILES string of the molecule is C[C@H]1OCCN[C@@H]1C(=O)Nc1ccc(OC2CCCC2)cc1. The van der Waals surface area contributed by atoms with Crippen molar-refractivity contribution in [2.75, 3.05) is 18.5 Å². The highest BCUT2D eigenvalue weighted by atomic mass is 16.5. The number of carbonyl (C=O) groups is 1. The van der Waals surface area contributed by atoms with Gasteiger partial charge < -0.3 is 20.1 Å². The number of hydrogen-bond donors (Lipinski definition) is 2. The van der Waals surface area contributed by atoms with E-state index in [4.69, 9.17) is 9.47 Å². The number of amides is 1. The molecule has 1 heterocycles. The average molecular weight is 304 g/mol. The van der Waals surface area contributed by atoms with Crippen LogP contribution in [0.1, 0.15) is 32.6 Å². The molecule has 2 fully saturated rings. The van der Waals surface area contributed by atoms with E-state index in [-0.39, 0.29) is 18.1 Å². The largest absolute Gasteiger partial charge is 0.490 e. The molecule has 0 aromatic heterocycles. The number of rotatable bonds is 4. The van der Waals surface area contributed by atoms with E-state index < -0.39 is 0 Å². The maximum atomic E-state index is 12.3. The van der Waals surface area contributed by atoms with Crippen molar-refractivity contribution in [3.05, 3.63) is 24.3 Å². The van der Waals surface area contributed by atoms with Crippen LogP contribution in [0, 0.1) is 0 Å². The first kappa shape index (κ1) is 15.3. The van der Waals surface area contributed by atoms with Gasteiger partial charge in [-0.05, 0) is 56.9 Å². The zero-order valence-electron chi connectivity index (χ0n) is 13.0. The van der Waals surface area contributed by atoms with Crippen molar-refractivity contribution in [3.63, 3.8) is 0 Å². The Kier molecular flexibility index (Phi) is 4.95. The summed E-state index contributed by atoms with van der Waals surface area (Å²) in [6, 6.07) is 7.31. The Morgan fingerprint density at radius 1 is 1.27 bits per heavy atom. The van der Waals surface area contributed by atoms with Gasteiger partial charge in [0.05, 0.1) is 18.8 Å². The molecule has 0 unspecified atom stereocenters. The maximum Gasteiger partial charge on any atom is 0.244 e. The first-order valence-electron chi connectivity index (χ1n) is 8.15. The van der Waals surface area contributed by atoms with E-state index in [1.54, 1.807) is 0 Å². The van der Waals surface area contributed by atoms with Crippen LogP contribution in [0.3, 0.4) is 0 Å². The highest BCUT2D eigenvalue weighted by Crippen LogP contribution is 2.25. The van der Waals surface area contributed by atoms with Crippen LogP contribution in [0.2, 0.25) is 0 Å². The van der Waals surface area contributed by atoms with Crippen LogP contribution in [-0.4, -0.2) is 37.3 Å². The minimum absolute atomic E-state index is 0.0586. The summed E-state index contributed by atoms with van der Waals surface area (Å²) in [7, 11) is 0. The lowest BCUT2D eigenvalue weighted by Crippen LogP contribution is -2.53. The molecule has 0 bridgehead atoms. The third kappa shape index (κ3) is 3.78. The molecule has 1 aromatic rings. The maximum absolute atomic E-state index is 12.3. The summed E-state index contributed by atoms with van der Waals surface area (Å²) in [4.78, 5) is 12.3. The van der Waals surface area contributed by atoms with Crippen LogP contribution >= 0.6 is 0 Å². The number of hydrogen-bond acceptors (Lipinski definition) is 4. The molecule has 5 nitrogen and oxygen atoms in total. The third-order valence-electron chi connectivity index (χ3n) is 4.33. The highest BCUT2D eigenvalue weighted by Gasteiger charge is 2.28. The molecule has 0 spiro atoms. The summed E-state index contributed by atoms with van der Waals surface area (Å²) in [6.45, 7) is 3.27. The van der Waals surface area contributed by atoms with Gasteiger partial charge in [-0.3, -0.25) is 4.79 Å². The molecule has 2 aliphatic rings. The fourth-order valence-corrected chi connectivity index (χ4v) is 3.06. The van der Waals surface area contributed by atoms with Crippen LogP contribution < -0.4 is 15.4 Å². The predicted octanol–water partition coefficient (Wildman–Crippen LogP) is 2.32. The molecule has 2 N–H and O–H groups in total. The lowest BCUT2D eigenvalue weighted by molar-refractivity contribution is -0.123. The molecule has 5 heteroatoms. The van der Waals surface area contributed by atoms with Crippen LogP contribution in [-0.2, 0) is 9.53 Å². The molecule has 120 valence electrons. The zero-order valence-corrected chi connectivity index (χ0v) is 13.0. The quantitative estimate of drug-likeness (QED) is 0.896. The number of anilines is 1. The standard InChI is InChI=1S/C17H24N2O3/c1-12-16(18-10-11-21-12)17(20)19-13-6-8-15(9-7-13)22-14-4-2-3-5-14/h6-9,12,14,16,18H,2-5,10-11H2,1H3,(H,19,20)/t12-,16+/m1/s1. The number of carbonyl (C=O) groups excluding carboxylic acids is 1. The first-order valence-corrected chi connectivity index (χ1v) is 8.15. The topological polar surface area (TPSA) is 59.6 Å². The van der Waals surface area contributed by atoms with Gasteiger partial charge >= 0.3 is 0 Å². The van der Waals surface area contributed by atoms with Gasteiger partial charge in [0, 0.05) is 12.2 Å². The van der Waals surface area contributed by atoms with Gasteiger partial charge in [0.2, 0.25) is 5.91 Å². The van der Waals surface area contributed by atoms with Gasteiger partial charge in [0.15, 0.2) is 0 Å². The molecule has 1 aromatic carbocycles. The van der Waals surface area contributed by atoms with Crippen molar-refractivity contribution >= 4 is 11.6 Å². The molecule has 22 heavy (non-hydrogen) atoms. The summed E-state index contributed by atoms with van der Waals surface area (Å²) in [5, 5.41) is 6.11. The van der Waals surface area contributed by atoms with Gasteiger partial charge in [-0.25, -0.2) is 0 Å². The summed E-state index contributed by atoms with van der Waals surface area (Å²) in [5.41, 5.74) is 0.781. The zero-order chi connectivity index (χ0) is 15.4. The van der Waals surface area contributed by atoms with E-state index in [0.29, 0.717) is 19.3 Å². The number of morpholine rings is 1. The van der Waals surface area contributed by atoms with Gasteiger partial charge in [-0.1, -0.05) is 0 Å². The number of nitrogens with one attached hydrogen (secondary N) is 2. The summed E-state index contributed by atoms with van der Waals surface area (Å²) in [5.74, 6) is 0.814. The van der Waals surface area contributed by atoms with Crippen molar-refractivity contribution in [2.24, 2.45) is 0 Å². The van der Waals surface area contributed by atoms with Gasteiger partial charge in [-0.2, -0.15) is 0 Å². The molecule has 1 amide bonds. The Hall–Kier alpha value is -1.59. The van der Waals surface area contributed by atoms with Gasteiger partial charge in [0.1, 0.15) is 11.8 Å². The Morgan fingerprint density at radius 2 is 2.00 bits per heavy atom. The molecule has 2 atom stereocenters. The van der Waals surface area contributed by atoms with Crippen molar-refractivity contribution in [1.82, 2.24) is 5.32 Å². The van der Waals surface area contributed by atoms with E-state index in [1.165, 1.54) is 12.8 Å². The summed E-state index contributed by atoms with van der Waals surface area (Å²) in [6.07, 6.45) is 5.04. The molecular weight excluding hydrogens is 280 g/mol. The van der Waals surface area contributed by atoms with Gasteiger partial charge in [-0.15, -0.1) is 0 Å². The molecular formula is C17H24N2O3. The van der Waals surface area contributed by atoms with Crippen LogP contribution in [0.4, 0.5) is 5.69 Å². The minimum atomic E-state index is -0.303. The van der Waals surface area contributed by atoms with E-state index in [2.05, 4.69) is 10.6 Å². The number of benzene rings is 1. The van der Waals surface area contributed by atoms with Crippen molar-refractivity contribution in [3.8, 4) is 5.75 Å². The van der Waals surface area contributed by atoms with E-state index in [1.807, 2.05) is 31.2 Å². The van der Waals surface area contributed by atoms with Gasteiger partial charge in [0.25, 0.3) is 0 Å². The average Bonchev–Trinajstić information content (AvgIpc) is 3.02. The Labute approximate surface area is 131 Å². The molecule has 1 saturated carbocycles. The van der Waals surface area contributed by atoms with Crippen molar-refractivity contribution in [1.29, 1.82) is 0 Å². The highest BCUT2D eigenvalue weighted by molar-refractivity contribution is 5.95. The minimum Gasteiger partial charge on any atom is -0.490 e. The van der Waals surface area contributed by atoms with E-state index in [9.17, 15) is 4.79 Å². The second-order valence-corrected chi connectivity index (χ2v) is 6.05. The molecule has 1 aliphatic heterocycles. The Bertz CT molecular complexity index is 497. The van der Waals surface area contributed by atoms with Crippen molar-refractivity contribution in [2.45, 2.75) is 50.9 Å². The van der Waals surface area contributed by atoms with Crippen LogP contribution in [0.15, 0.2) is 24.3 Å². The lowest BCUT2D eigenvalue weighted by atomic mass is 10.1. The molecule has 1 aliphatic carbocycles. The van der Waals surface area contributed by atoms with E-state index in [0.717, 1.165) is 24.3 Å². The fraction of sp³-hybridized carbons (Fsp3) is 0.588. The third-order valence-corrected chi connectivity index (χ3v) is 4.33. The molecule has 0 radical (unpaired) electrons. The smallest absolute Gasteiger partial charge is 0.244 e. The lowest BCUT2D eigenvalue weighted by Gasteiger charge is -2.29. The normalized spacial score (nSPS) is 25.9. The van der Waals surface area contributed by atoms with Crippen molar-refractivity contribution < 1.29 is 14.3 Å². The van der Waals surface area contributed by atoms with Crippen LogP contribution in [0.5, 0.6) is 5.75 Å². The second-order valence-electron chi connectivity index (χ2n) is 6.05. The molecule has 1 saturated heterocycles. The summed E-state index contributed by atoms with van der Waals surface area (Å²) >= 11 is 0. The number of ether oxygens (including phenoxy) is 2. The summed E-state index contributed by atoms with van der Waals surface area (Å²) < 4.78 is 11.4.